The van der Waals surface area contributed by atoms with E-state index in [1.807, 2.05) is 24.3 Å². The number of para-hydroxylation sites is 1. The molecule has 3 rings (SSSR count). The largest absolute Gasteiger partial charge is 0.370 e. The van der Waals surface area contributed by atoms with Crippen LogP contribution >= 0.6 is 0 Å². The molecule has 1 aliphatic carbocycles. The van der Waals surface area contributed by atoms with E-state index in [0.717, 1.165) is 24.3 Å². The minimum Gasteiger partial charge on any atom is -0.370 e. The van der Waals surface area contributed by atoms with Crippen LogP contribution in [0.4, 0.5) is 5.82 Å². The van der Waals surface area contributed by atoms with Crippen molar-refractivity contribution in [2.75, 3.05) is 11.9 Å². The number of pyridine rings is 1. The first kappa shape index (κ1) is 11.5. The van der Waals surface area contributed by atoms with Crippen LogP contribution in [0.15, 0.2) is 36.4 Å². The molecule has 2 unspecified atom stereocenters. The Hall–Kier alpha value is -1.61. The van der Waals surface area contributed by atoms with Gasteiger partial charge in [0.25, 0.3) is 0 Å². The zero-order valence-electron chi connectivity index (χ0n) is 10.5. The predicted molar refractivity (Wildman–Crippen MR) is 75.5 cm³/mol. The molecular weight excluding hydrogens is 222 g/mol. The highest BCUT2D eigenvalue weighted by molar-refractivity contribution is 5.79. The Labute approximate surface area is 107 Å². The van der Waals surface area contributed by atoms with Gasteiger partial charge in [-0.05, 0) is 37.0 Å². The summed E-state index contributed by atoms with van der Waals surface area (Å²) in [6.45, 7) is 0.937. The maximum Gasteiger partial charge on any atom is 0.126 e. The summed E-state index contributed by atoms with van der Waals surface area (Å²) in [6.07, 6.45) is 3.66. The first-order valence-electron chi connectivity index (χ1n) is 6.68. The zero-order valence-corrected chi connectivity index (χ0v) is 10.5. The highest BCUT2D eigenvalue weighted by atomic mass is 15.0. The average molecular weight is 241 g/mol. The molecule has 3 heteroatoms. The summed E-state index contributed by atoms with van der Waals surface area (Å²) in [4.78, 5) is 4.61. The van der Waals surface area contributed by atoms with Gasteiger partial charge in [-0.3, -0.25) is 0 Å². The van der Waals surface area contributed by atoms with Gasteiger partial charge in [0.15, 0.2) is 0 Å². The molecule has 3 N–H and O–H groups in total. The molecular formula is C15H19N3. The molecule has 1 aliphatic rings. The Balaban J connectivity index is 1.71. The van der Waals surface area contributed by atoms with Crippen molar-refractivity contribution in [3.63, 3.8) is 0 Å². The fourth-order valence-electron chi connectivity index (χ4n) is 2.72. The Bertz CT molecular complexity index is 538. The molecule has 18 heavy (non-hydrogen) atoms. The molecule has 0 amide bonds. The summed E-state index contributed by atoms with van der Waals surface area (Å²) in [7, 11) is 0. The van der Waals surface area contributed by atoms with Crippen molar-refractivity contribution in [2.45, 2.75) is 25.3 Å². The number of hydrogen-bond acceptors (Lipinski definition) is 3. The van der Waals surface area contributed by atoms with E-state index < -0.39 is 0 Å². The van der Waals surface area contributed by atoms with Gasteiger partial charge in [0.1, 0.15) is 5.82 Å². The zero-order chi connectivity index (χ0) is 12.4. The molecule has 0 aliphatic heterocycles. The third kappa shape index (κ3) is 2.31. The van der Waals surface area contributed by atoms with E-state index in [0.29, 0.717) is 12.0 Å². The van der Waals surface area contributed by atoms with Crippen LogP contribution < -0.4 is 11.1 Å². The highest BCUT2D eigenvalue weighted by Crippen LogP contribution is 2.24. The summed E-state index contributed by atoms with van der Waals surface area (Å²) >= 11 is 0. The van der Waals surface area contributed by atoms with Crippen LogP contribution in [-0.2, 0) is 0 Å². The van der Waals surface area contributed by atoms with Crippen molar-refractivity contribution in [1.82, 2.24) is 4.98 Å². The van der Waals surface area contributed by atoms with E-state index in [1.165, 1.54) is 18.2 Å². The van der Waals surface area contributed by atoms with Crippen molar-refractivity contribution in [1.29, 1.82) is 0 Å². The van der Waals surface area contributed by atoms with Crippen LogP contribution in [0, 0.1) is 5.92 Å². The van der Waals surface area contributed by atoms with Crippen LogP contribution in [0.1, 0.15) is 19.3 Å². The van der Waals surface area contributed by atoms with Gasteiger partial charge in [0.2, 0.25) is 0 Å². The molecule has 0 spiro atoms. The van der Waals surface area contributed by atoms with E-state index in [1.54, 1.807) is 0 Å². The Kier molecular flexibility index (Phi) is 3.15. The summed E-state index contributed by atoms with van der Waals surface area (Å²) in [5, 5.41) is 4.60. The molecule has 2 atom stereocenters. The fraction of sp³-hybridized carbons (Fsp3) is 0.400. The van der Waals surface area contributed by atoms with Crippen LogP contribution in [0.2, 0.25) is 0 Å². The van der Waals surface area contributed by atoms with Gasteiger partial charge in [0.05, 0.1) is 5.52 Å². The minimum atomic E-state index is 0.359. The quantitative estimate of drug-likeness (QED) is 0.868. The SMILES string of the molecule is NC1CCCC1CNc1ccc2ccccc2n1. The Morgan fingerprint density at radius 1 is 1.17 bits per heavy atom. The van der Waals surface area contributed by atoms with Crippen molar-refractivity contribution < 1.29 is 0 Å². The van der Waals surface area contributed by atoms with Crippen molar-refractivity contribution in [3.8, 4) is 0 Å². The second kappa shape index (κ2) is 4.94. The van der Waals surface area contributed by atoms with Gasteiger partial charge in [-0.2, -0.15) is 0 Å². The van der Waals surface area contributed by atoms with Gasteiger partial charge in [-0.25, -0.2) is 4.98 Å². The number of benzene rings is 1. The molecule has 94 valence electrons. The molecule has 1 aromatic carbocycles. The number of nitrogens with two attached hydrogens (primary N) is 1. The number of anilines is 1. The normalized spacial score (nSPS) is 23.4. The topological polar surface area (TPSA) is 50.9 Å². The number of hydrogen-bond donors (Lipinski definition) is 2. The number of fused-ring (bicyclic) bond motifs is 1. The molecule has 0 bridgehead atoms. The standard InChI is InChI=1S/C15H19N3/c16-13-6-3-5-12(13)10-17-15-9-8-11-4-1-2-7-14(11)18-15/h1-2,4,7-9,12-13H,3,5-6,10,16H2,(H,17,18). The predicted octanol–water partition coefficient (Wildman–Crippen LogP) is 2.77. The van der Waals surface area contributed by atoms with E-state index in [4.69, 9.17) is 5.73 Å². The Morgan fingerprint density at radius 3 is 2.89 bits per heavy atom. The first-order chi connectivity index (χ1) is 8.83. The molecule has 1 heterocycles. The van der Waals surface area contributed by atoms with E-state index in [2.05, 4.69) is 22.4 Å². The number of aromatic nitrogens is 1. The second-order valence-electron chi connectivity index (χ2n) is 5.12. The van der Waals surface area contributed by atoms with Crippen molar-refractivity contribution in [3.05, 3.63) is 36.4 Å². The van der Waals surface area contributed by atoms with Gasteiger partial charge in [0, 0.05) is 18.0 Å². The van der Waals surface area contributed by atoms with E-state index in [9.17, 15) is 0 Å². The van der Waals surface area contributed by atoms with Crippen LogP contribution in [-0.4, -0.2) is 17.6 Å². The maximum atomic E-state index is 6.07. The summed E-state index contributed by atoms with van der Waals surface area (Å²) in [5.41, 5.74) is 7.11. The van der Waals surface area contributed by atoms with Gasteiger partial charge in [-0.1, -0.05) is 24.6 Å². The number of nitrogens with one attached hydrogen (secondary N) is 1. The number of rotatable bonds is 3. The second-order valence-corrected chi connectivity index (χ2v) is 5.12. The van der Waals surface area contributed by atoms with E-state index in [-0.39, 0.29) is 0 Å². The summed E-state index contributed by atoms with van der Waals surface area (Å²) in [6, 6.07) is 12.7. The molecule has 1 aromatic heterocycles. The third-order valence-electron chi connectivity index (χ3n) is 3.86. The van der Waals surface area contributed by atoms with Crippen LogP contribution in [0.25, 0.3) is 10.9 Å². The molecule has 1 fully saturated rings. The minimum absolute atomic E-state index is 0.359. The van der Waals surface area contributed by atoms with Gasteiger partial charge >= 0.3 is 0 Å². The summed E-state index contributed by atoms with van der Waals surface area (Å²) < 4.78 is 0. The van der Waals surface area contributed by atoms with E-state index >= 15 is 0 Å². The van der Waals surface area contributed by atoms with Gasteiger partial charge < -0.3 is 11.1 Å². The lowest BCUT2D eigenvalue weighted by Crippen LogP contribution is -2.29. The molecule has 1 saturated carbocycles. The lowest BCUT2D eigenvalue weighted by Gasteiger charge is -2.16. The molecule has 0 radical (unpaired) electrons. The highest BCUT2D eigenvalue weighted by Gasteiger charge is 2.23. The number of nitrogens with zero attached hydrogens (tertiary/aromatic N) is 1. The lowest BCUT2D eigenvalue weighted by atomic mass is 10.1. The average Bonchev–Trinajstić information content (AvgIpc) is 2.82. The van der Waals surface area contributed by atoms with Crippen LogP contribution in [0.5, 0.6) is 0 Å². The Morgan fingerprint density at radius 2 is 2.06 bits per heavy atom. The van der Waals surface area contributed by atoms with Gasteiger partial charge in [-0.15, -0.1) is 0 Å². The summed E-state index contributed by atoms with van der Waals surface area (Å²) in [5.74, 6) is 1.55. The molecule has 3 nitrogen and oxygen atoms in total. The van der Waals surface area contributed by atoms with Crippen molar-refractivity contribution >= 4 is 16.7 Å². The molecule has 2 aromatic rings. The molecule has 0 saturated heterocycles. The first-order valence-corrected chi connectivity index (χ1v) is 6.68. The lowest BCUT2D eigenvalue weighted by molar-refractivity contribution is 0.504. The maximum absolute atomic E-state index is 6.07. The smallest absolute Gasteiger partial charge is 0.126 e. The van der Waals surface area contributed by atoms with Crippen LogP contribution in [0.3, 0.4) is 0 Å². The van der Waals surface area contributed by atoms with Crippen molar-refractivity contribution in [2.24, 2.45) is 11.7 Å². The monoisotopic (exact) mass is 241 g/mol. The third-order valence-corrected chi connectivity index (χ3v) is 3.86. The fourth-order valence-corrected chi connectivity index (χ4v) is 2.72.